The van der Waals surface area contributed by atoms with Crippen molar-refractivity contribution in [1.82, 2.24) is 9.55 Å². The molecule has 16 heavy (non-hydrogen) atoms. The lowest BCUT2D eigenvalue weighted by molar-refractivity contribution is 0.768. The van der Waals surface area contributed by atoms with E-state index >= 15 is 0 Å². The van der Waals surface area contributed by atoms with Crippen LogP contribution in [0.1, 0.15) is 22.1 Å². The first kappa shape index (κ1) is 11.4. The Labute approximate surface area is 99.9 Å². The van der Waals surface area contributed by atoms with Gasteiger partial charge in [-0.15, -0.1) is 11.3 Å². The molecule has 2 N–H and O–H groups in total. The first-order chi connectivity index (χ1) is 7.72. The van der Waals surface area contributed by atoms with Crippen LogP contribution in [0.5, 0.6) is 0 Å². The van der Waals surface area contributed by atoms with Gasteiger partial charge < -0.3 is 10.3 Å². The molecule has 2 heterocycles. The summed E-state index contributed by atoms with van der Waals surface area (Å²) in [6, 6.07) is 4.27. The molecule has 0 aliphatic heterocycles. The van der Waals surface area contributed by atoms with Gasteiger partial charge in [-0.2, -0.15) is 0 Å². The Morgan fingerprint density at radius 1 is 1.44 bits per heavy atom. The van der Waals surface area contributed by atoms with E-state index in [1.807, 2.05) is 18.3 Å². The van der Waals surface area contributed by atoms with E-state index in [1.54, 1.807) is 0 Å². The van der Waals surface area contributed by atoms with E-state index in [0.29, 0.717) is 6.54 Å². The van der Waals surface area contributed by atoms with Crippen molar-refractivity contribution in [3.05, 3.63) is 39.6 Å². The molecule has 0 atom stereocenters. The van der Waals surface area contributed by atoms with E-state index in [-0.39, 0.29) is 0 Å². The van der Waals surface area contributed by atoms with E-state index in [9.17, 15) is 0 Å². The van der Waals surface area contributed by atoms with Gasteiger partial charge in [0.2, 0.25) is 0 Å². The van der Waals surface area contributed by atoms with Gasteiger partial charge in [0.1, 0.15) is 5.82 Å². The smallest absolute Gasteiger partial charge is 0.105 e. The zero-order valence-corrected chi connectivity index (χ0v) is 10.5. The summed E-state index contributed by atoms with van der Waals surface area (Å²) in [6.07, 6.45) is 2.09. The molecular weight excluding hydrogens is 218 g/mol. The van der Waals surface area contributed by atoms with Crippen molar-refractivity contribution >= 4 is 11.3 Å². The average Bonchev–Trinajstić information content (AvgIpc) is 2.87. The van der Waals surface area contributed by atoms with Crippen molar-refractivity contribution in [3.63, 3.8) is 0 Å². The van der Waals surface area contributed by atoms with Crippen LogP contribution in [-0.2, 0) is 26.4 Å². The lowest BCUT2D eigenvalue weighted by Crippen LogP contribution is -2.05. The molecule has 86 valence electrons. The maximum Gasteiger partial charge on any atom is 0.105 e. The molecule has 0 aromatic carbocycles. The summed E-state index contributed by atoms with van der Waals surface area (Å²) in [6.45, 7) is 2.55. The van der Waals surface area contributed by atoms with Crippen LogP contribution in [0.3, 0.4) is 0 Å². The minimum absolute atomic E-state index is 0.529. The summed E-state index contributed by atoms with van der Waals surface area (Å²) < 4.78 is 2.15. The summed E-state index contributed by atoms with van der Waals surface area (Å²) >= 11 is 1.81. The van der Waals surface area contributed by atoms with Crippen LogP contribution < -0.4 is 5.73 Å². The second kappa shape index (κ2) is 4.80. The Hall–Kier alpha value is -1.13. The number of imidazole rings is 1. The van der Waals surface area contributed by atoms with Gasteiger partial charge in [-0.1, -0.05) is 6.07 Å². The number of nitrogens with two attached hydrogens (primary N) is 1. The minimum Gasteiger partial charge on any atom is -0.335 e. The van der Waals surface area contributed by atoms with Crippen LogP contribution in [0, 0.1) is 6.92 Å². The molecule has 2 rings (SSSR count). The van der Waals surface area contributed by atoms with E-state index in [1.165, 1.54) is 10.6 Å². The van der Waals surface area contributed by atoms with Crippen molar-refractivity contribution in [2.24, 2.45) is 12.8 Å². The Bertz CT molecular complexity index is 457. The molecule has 0 aliphatic carbocycles. The molecule has 0 radical (unpaired) electrons. The highest BCUT2D eigenvalue weighted by Crippen LogP contribution is 2.15. The molecule has 3 nitrogen and oxygen atoms in total. The van der Waals surface area contributed by atoms with Crippen LogP contribution in [0.4, 0.5) is 0 Å². The normalized spacial score (nSPS) is 10.9. The molecule has 0 unspecified atom stereocenters. The molecule has 0 fully saturated rings. The van der Waals surface area contributed by atoms with E-state index in [0.717, 1.165) is 24.4 Å². The lowest BCUT2D eigenvalue weighted by Gasteiger charge is -2.04. The van der Waals surface area contributed by atoms with Gasteiger partial charge in [0.15, 0.2) is 0 Å². The number of nitrogens with zero attached hydrogens (tertiary/aromatic N) is 2. The average molecular weight is 235 g/mol. The van der Waals surface area contributed by atoms with Crippen LogP contribution in [0.25, 0.3) is 0 Å². The van der Waals surface area contributed by atoms with Gasteiger partial charge in [-0.05, 0) is 31.2 Å². The summed E-state index contributed by atoms with van der Waals surface area (Å²) in [7, 11) is 2.06. The van der Waals surface area contributed by atoms with Crippen molar-refractivity contribution in [2.45, 2.75) is 26.3 Å². The fraction of sp³-hybridized carbons (Fsp3) is 0.417. The van der Waals surface area contributed by atoms with E-state index in [4.69, 9.17) is 5.73 Å². The third-order valence-electron chi connectivity index (χ3n) is 2.90. The maximum absolute atomic E-state index is 5.71. The molecule has 0 amide bonds. The second-order valence-corrected chi connectivity index (χ2v) is 4.93. The number of hydrogen-bond acceptors (Lipinski definition) is 3. The van der Waals surface area contributed by atoms with Gasteiger partial charge in [-0.25, -0.2) is 4.98 Å². The lowest BCUT2D eigenvalue weighted by atomic mass is 10.2. The molecule has 0 bridgehead atoms. The topological polar surface area (TPSA) is 43.8 Å². The Balaban J connectivity index is 2.14. The number of aryl methyl sites for hydroxylation is 2. The Morgan fingerprint density at radius 3 is 2.88 bits per heavy atom. The zero-order valence-electron chi connectivity index (χ0n) is 9.73. The molecular formula is C12H17N3S. The van der Waals surface area contributed by atoms with Crippen molar-refractivity contribution in [3.8, 4) is 0 Å². The van der Waals surface area contributed by atoms with Crippen molar-refractivity contribution in [1.29, 1.82) is 0 Å². The fourth-order valence-corrected chi connectivity index (χ4v) is 2.60. The number of thiophene rings is 1. The van der Waals surface area contributed by atoms with Crippen molar-refractivity contribution in [2.75, 3.05) is 0 Å². The SMILES string of the molecule is Cc1nc(CN)c(CCc2cccs2)n1C. The summed E-state index contributed by atoms with van der Waals surface area (Å²) in [4.78, 5) is 5.89. The predicted molar refractivity (Wildman–Crippen MR) is 67.6 cm³/mol. The summed E-state index contributed by atoms with van der Waals surface area (Å²) in [5, 5.41) is 2.12. The third kappa shape index (κ3) is 2.18. The first-order valence-electron chi connectivity index (χ1n) is 5.46. The monoisotopic (exact) mass is 235 g/mol. The molecule has 0 saturated heterocycles. The van der Waals surface area contributed by atoms with Gasteiger partial charge in [-0.3, -0.25) is 0 Å². The van der Waals surface area contributed by atoms with Crippen LogP contribution >= 0.6 is 11.3 Å². The largest absolute Gasteiger partial charge is 0.335 e. The van der Waals surface area contributed by atoms with Gasteiger partial charge in [0.25, 0.3) is 0 Å². The highest BCUT2D eigenvalue weighted by atomic mass is 32.1. The second-order valence-electron chi connectivity index (χ2n) is 3.89. The van der Waals surface area contributed by atoms with Crippen molar-refractivity contribution < 1.29 is 0 Å². The van der Waals surface area contributed by atoms with E-state index < -0.39 is 0 Å². The maximum atomic E-state index is 5.71. The number of aromatic nitrogens is 2. The molecule has 0 aliphatic rings. The molecule has 0 spiro atoms. The highest BCUT2D eigenvalue weighted by Gasteiger charge is 2.10. The fourth-order valence-electron chi connectivity index (χ4n) is 1.90. The third-order valence-corrected chi connectivity index (χ3v) is 3.84. The van der Waals surface area contributed by atoms with Gasteiger partial charge in [0.05, 0.1) is 5.69 Å². The predicted octanol–water partition coefficient (Wildman–Crippen LogP) is 2.03. The molecule has 2 aromatic heterocycles. The standard InChI is InChI=1S/C12H17N3S/c1-9-14-11(8-13)12(15(9)2)6-5-10-4-3-7-16-10/h3-4,7H,5-6,8,13H2,1-2H3. The molecule has 0 saturated carbocycles. The molecule has 4 heteroatoms. The highest BCUT2D eigenvalue weighted by molar-refractivity contribution is 7.09. The van der Waals surface area contributed by atoms with Gasteiger partial charge >= 0.3 is 0 Å². The summed E-state index contributed by atoms with van der Waals surface area (Å²) in [5.74, 6) is 1.04. The molecule has 2 aromatic rings. The number of hydrogen-bond donors (Lipinski definition) is 1. The van der Waals surface area contributed by atoms with Crippen LogP contribution in [-0.4, -0.2) is 9.55 Å². The Kier molecular flexibility index (Phi) is 3.41. The quantitative estimate of drug-likeness (QED) is 0.881. The zero-order chi connectivity index (χ0) is 11.5. The van der Waals surface area contributed by atoms with E-state index in [2.05, 4.69) is 34.1 Å². The summed E-state index contributed by atoms with van der Waals surface area (Å²) in [5.41, 5.74) is 8.02. The Morgan fingerprint density at radius 2 is 2.25 bits per heavy atom. The van der Waals surface area contributed by atoms with Crippen LogP contribution in [0.2, 0.25) is 0 Å². The minimum atomic E-state index is 0.529. The number of rotatable bonds is 4. The van der Waals surface area contributed by atoms with Gasteiger partial charge in [0, 0.05) is 24.2 Å². The first-order valence-corrected chi connectivity index (χ1v) is 6.34. The van der Waals surface area contributed by atoms with Crippen LogP contribution in [0.15, 0.2) is 17.5 Å².